The summed E-state index contributed by atoms with van der Waals surface area (Å²) < 4.78 is 0. The van der Waals surface area contributed by atoms with Crippen molar-refractivity contribution in [3.05, 3.63) is 83.9 Å². The van der Waals surface area contributed by atoms with Crippen LogP contribution in [0.5, 0.6) is 0 Å². The van der Waals surface area contributed by atoms with Gasteiger partial charge in [0, 0.05) is 0 Å². The fourth-order valence-corrected chi connectivity index (χ4v) is 4.78. The number of rotatable bonds is 21. The molecule has 0 aliphatic heterocycles. The number of unbranched alkanes of at least 4 members (excludes halogenated alkanes) is 12. The third kappa shape index (κ3) is 16.2. The van der Waals surface area contributed by atoms with E-state index in [9.17, 15) is 0 Å². The maximum Gasteiger partial charge on any atom is -0.00773 e. The summed E-state index contributed by atoms with van der Waals surface area (Å²) in [5.74, 6) is 0.736. The minimum absolute atomic E-state index is 0.736. The molecule has 0 aromatic heterocycles. The zero-order valence-corrected chi connectivity index (χ0v) is 22.3. The van der Waals surface area contributed by atoms with Crippen molar-refractivity contribution < 1.29 is 0 Å². The van der Waals surface area contributed by atoms with E-state index >= 15 is 0 Å². The van der Waals surface area contributed by atoms with Gasteiger partial charge in [-0.25, -0.2) is 0 Å². The largest absolute Gasteiger partial charge is 0.330 e. The molecule has 0 aliphatic carbocycles. The minimum Gasteiger partial charge on any atom is -0.330 e. The van der Waals surface area contributed by atoms with Gasteiger partial charge in [0.05, 0.1) is 0 Å². The Balaban J connectivity index is 1.58. The Morgan fingerprint density at radius 1 is 0.486 bits per heavy atom. The number of allylic oxidation sites excluding steroid dienone is 2. The molecule has 35 heavy (non-hydrogen) atoms. The van der Waals surface area contributed by atoms with E-state index in [1.54, 1.807) is 0 Å². The molecule has 0 bridgehead atoms. The molecule has 0 saturated heterocycles. The predicted octanol–water partition coefficient (Wildman–Crippen LogP) is 10.2. The first-order chi connectivity index (χ1) is 17.4. The van der Waals surface area contributed by atoms with Crippen LogP contribution in [0.1, 0.15) is 114 Å². The molecule has 2 aromatic rings. The van der Waals surface area contributed by atoms with Crippen molar-refractivity contribution in [1.82, 2.24) is 0 Å². The lowest BCUT2D eigenvalue weighted by molar-refractivity contribution is 0.457. The number of benzene rings is 2. The van der Waals surface area contributed by atoms with Gasteiger partial charge in [0.25, 0.3) is 0 Å². The Morgan fingerprint density at radius 2 is 0.857 bits per heavy atom. The van der Waals surface area contributed by atoms with Gasteiger partial charge >= 0.3 is 0 Å². The average molecular weight is 474 g/mol. The first-order valence-electron chi connectivity index (χ1n) is 14.5. The quantitative estimate of drug-likeness (QED) is 0.179. The van der Waals surface area contributed by atoms with Crippen LogP contribution in [-0.2, 0) is 0 Å². The highest BCUT2D eigenvalue weighted by Gasteiger charge is 2.05. The van der Waals surface area contributed by atoms with Gasteiger partial charge in [-0.2, -0.15) is 0 Å². The van der Waals surface area contributed by atoms with Gasteiger partial charge in [-0.15, -0.1) is 0 Å². The van der Waals surface area contributed by atoms with Gasteiger partial charge in [0.2, 0.25) is 0 Å². The number of hydrogen-bond acceptors (Lipinski definition) is 1. The van der Waals surface area contributed by atoms with Crippen molar-refractivity contribution in [1.29, 1.82) is 0 Å². The average Bonchev–Trinajstić information content (AvgIpc) is 2.90. The first kappa shape index (κ1) is 29.1. The van der Waals surface area contributed by atoms with E-state index in [2.05, 4.69) is 85.0 Å². The lowest BCUT2D eigenvalue weighted by Crippen LogP contribution is -1.98. The maximum absolute atomic E-state index is 5.56. The summed E-state index contributed by atoms with van der Waals surface area (Å²) in [6.07, 6.45) is 31.0. The Bertz CT molecular complexity index is 710. The van der Waals surface area contributed by atoms with Crippen molar-refractivity contribution in [3.63, 3.8) is 0 Å². The van der Waals surface area contributed by atoms with Crippen molar-refractivity contribution in [2.24, 2.45) is 11.7 Å². The van der Waals surface area contributed by atoms with E-state index in [1.165, 1.54) is 114 Å². The van der Waals surface area contributed by atoms with E-state index < -0.39 is 0 Å². The Kier molecular flexibility index (Phi) is 17.6. The summed E-state index contributed by atoms with van der Waals surface area (Å²) in [7, 11) is 0. The van der Waals surface area contributed by atoms with Crippen LogP contribution < -0.4 is 5.73 Å². The Labute approximate surface area is 216 Å². The SMILES string of the molecule is NCCCCCCCCCCCCCCCC(CC=Cc1ccccc1)CC=Cc1ccccc1. The molecule has 0 saturated carbocycles. The zero-order chi connectivity index (χ0) is 24.7. The summed E-state index contributed by atoms with van der Waals surface area (Å²) in [4.78, 5) is 0. The molecule has 2 rings (SSSR count). The molecule has 0 aliphatic rings. The molecule has 0 amide bonds. The van der Waals surface area contributed by atoms with Crippen LogP contribution in [0.25, 0.3) is 12.2 Å². The Hall–Kier alpha value is -2.12. The molecule has 2 N–H and O–H groups in total. The van der Waals surface area contributed by atoms with Gasteiger partial charge in [-0.3, -0.25) is 0 Å². The second kappa shape index (κ2) is 21.2. The molecule has 0 spiro atoms. The normalized spacial score (nSPS) is 12.6. The molecule has 0 atom stereocenters. The maximum atomic E-state index is 5.56. The summed E-state index contributed by atoms with van der Waals surface area (Å²) in [5, 5.41) is 0. The predicted molar refractivity (Wildman–Crippen MR) is 157 cm³/mol. The fourth-order valence-electron chi connectivity index (χ4n) is 4.78. The van der Waals surface area contributed by atoms with Crippen LogP contribution in [0.3, 0.4) is 0 Å². The summed E-state index contributed by atoms with van der Waals surface area (Å²) in [6.45, 7) is 0.858. The number of hydrogen-bond donors (Lipinski definition) is 1. The molecule has 0 fully saturated rings. The number of nitrogens with two attached hydrogens (primary N) is 1. The van der Waals surface area contributed by atoms with Gasteiger partial charge in [-0.1, -0.05) is 162 Å². The van der Waals surface area contributed by atoms with E-state index in [4.69, 9.17) is 5.73 Å². The van der Waals surface area contributed by atoms with Crippen LogP contribution in [0.2, 0.25) is 0 Å². The highest BCUT2D eigenvalue weighted by Crippen LogP contribution is 2.21. The molecule has 0 unspecified atom stereocenters. The van der Waals surface area contributed by atoms with Crippen molar-refractivity contribution in [3.8, 4) is 0 Å². The van der Waals surface area contributed by atoms with Gasteiger partial charge in [-0.05, 0) is 49.3 Å². The van der Waals surface area contributed by atoms with E-state index in [1.807, 2.05) is 0 Å². The zero-order valence-electron chi connectivity index (χ0n) is 22.3. The van der Waals surface area contributed by atoms with Crippen molar-refractivity contribution in [2.75, 3.05) is 6.54 Å². The lowest BCUT2D eigenvalue weighted by Gasteiger charge is -2.13. The van der Waals surface area contributed by atoms with E-state index in [0.29, 0.717) is 0 Å². The van der Waals surface area contributed by atoms with Crippen LogP contribution >= 0.6 is 0 Å². The summed E-state index contributed by atoms with van der Waals surface area (Å²) >= 11 is 0. The molecule has 192 valence electrons. The lowest BCUT2D eigenvalue weighted by atomic mass is 9.93. The minimum atomic E-state index is 0.736. The molecule has 1 heteroatoms. The fraction of sp³-hybridized carbons (Fsp3) is 0.529. The second-order valence-corrected chi connectivity index (χ2v) is 10.1. The molecular formula is C34H51N. The highest BCUT2D eigenvalue weighted by atomic mass is 14.5. The third-order valence-electron chi connectivity index (χ3n) is 6.98. The highest BCUT2D eigenvalue weighted by molar-refractivity contribution is 5.49. The monoisotopic (exact) mass is 473 g/mol. The van der Waals surface area contributed by atoms with Crippen molar-refractivity contribution >= 4 is 12.2 Å². The first-order valence-corrected chi connectivity index (χ1v) is 14.5. The third-order valence-corrected chi connectivity index (χ3v) is 6.98. The van der Waals surface area contributed by atoms with Gasteiger partial charge in [0.1, 0.15) is 0 Å². The van der Waals surface area contributed by atoms with Crippen LogP contribution in [0.15, 0.2) is 72.8 Å². The van der Waals surface area contributed by atoms with Crippen LogP contribution in [-0.4, -0.2) is 6.54 Å². The smallest absolute Gasteiger partial charge is 0.00773 e. The van der Waals surface area contributed by atoms with Crippen LogP contribution in [0.4, 0.5) is 0 Å². The standard InChI is InChI=1S/C34H51N/c35-31-19-11-9-7-5-3-1-2-4-6-8-10-14-22-34(29-20-27-32-23-15-12-16-24-32)30-21-28-33-25-17-13-18-26-33/h12-13,15-18,20-21,23-28,34H,1-11,14,19,22,29-31,35H2. The van der Waals surface area contributed by atoms with Gasteiger partial charge < -0.3 is 5.73 Å². The molecule has 0 heterocycles. The molecule has 1 nitrogen and oxygen atoms in total. The molecular weight excluding hydrogens is 422 g/mol. The molecule has 2 aromatic carbocycles. The van der Waals surface area contributed by atoms with Gasteiger partial charge in [0.15, 0.2) is 0 Å². The topological polar surface area (TPSA) is 26.0 Å². The van der Waals surface area contributed by atoms with E-state index in [0.717, 1.165) is 12.5 Å². The Morgan fingerprint density at radius 3 is 1.26 bits per heavy atom. The second-order valence-electron chi connectivity index (χ2n) is 10.1. The van der Waals surface area contributed by atoms with Crippen molar-refractivity contribution in [2.45, 2.75) is 103 Å². The van der Waals surface area contributed by atoms with Crippen LogP contribution in [0, 0.1) is 5.92 Å². The van der Waals surface area contributed by atoms with E-state index in [-0.39, 0.29) is 0 Å². The summed E-state index contributed by atoms with van der Waals surface area (Å²) in [5.41, 5.74) is 8.16. The summed E-state index contributed by atoms with van der Waals surface area (Å²) in [6, 6.07) is 21.4. The molecule has 0 radical (unpaired) electrons.